The molecule has 2 rings (SSSR count). The van der Waals surface area contributed by atoms with Gasteiger partial charge in [-0.25, -0.2) is 4.98 Å². The van der Waals surface area contributed by atoms with Crippen LogP contribution in [-0.4, -0.2) is 28.4 Å². The fraction of sp³-hybridized carbons (Fsp3) is 0.462. The van der Waals surface area contributed by atoms with E-state index in [9.17, 15) is 4.79 Å². The number of hydrogen-bond acceptors (Lipinski definition) is 3. The van der Waals surface area contributed by atoms with Gasteiger partial charge in [-0.1, -0.05) is 18.9 Å². The minimum atomic E-state index is -0.148. The summed E-state index contributed by atoms with van der Waals surface area (Å²) in [6, 6.07) is 7.52. The first-order chi connectivity index (χ1) is 8.72. The molecule has 0 atom stereocenters. The molecule has 1 heterocycles. The molecule has 0 unspecified atom stereocenters. The van der Waals surface area contributed by atoms with E-state index in [1.54, 1.807) is 23.1 Å². The molecular weight excluding hydrogens is 294 g/mol. The van der Waals surface area contributed by atoms with Crippen LogP contribution in [0.25, 0.3) is 0 Å². The van der Waals surface area contributed by atoms with Gasteiger partial charge in [0.1, 0.15) is 16.8 Å². The van der Waals surface area contributed by atoms with Crippen molar-refractivity contribution in [2.75, 3.05) is 6.54 Å². The van der Waals surface area contributed by atoms with Gasteiger partial charge >= 0.3 is 0 Å². The maximum absolute atomic E-state index is 12.4. The van der Waals surface area contributed by atoms with E-state index in [1.165, 1.54) is 0 Å². The normalized spacial score (nSPS) is 15.3. The number of aromatic nitrogens is 1. The second kappa shape index (κ2) is 5.96. The van der Waals surface area contributed by atoms with Crippen LogP contribution < -0.4 is 0 Å². The lowest BCUT2D eigenvalue weighted by molar-refractivity contribution is 0.0703. The van der Waals surface area contributed by atoms with Crippen molar-refractivity contribution in [3.8, 4) is 6.07 Å². The molecule has 1 saturated carbocycles. The van der Waals surface area contributed by atoms with Crippen molar-refractivity contribution < 1.29 is 4.79 Å². The Balaban J connectivity index is 2.20. The first-order valence-electron chi connectivity index (χ1n) is 6.03. The van der Waals surface area contributed by atoms with Gasteiger partial charge in [0.2, 0.25) is 0 Å². The zero-order valence-electron chi connectivity index (χ0n) is 9.97. The van der Waals surface area contributed by atoms with Crippen molar-refractivity contribution in [2.24, 2.45) is 0 Å². The van der Waals surface area contributed by atoms with Crippen LogP contribution in [0.1, 0.15) is 36.2 Å². The van der Waals surface area contributed by atoms with Gasteiger partial charge in [-0.15, -0.1) is 0 Å². The first-order valence-corrected chi connectivity index (χ1v) is 6.82. The maximum Gasteiger partial charge on any atom is 0.273 e. The van der Waals surface area contributed by atoms with Gasteiger partial charge < -0.3 is 4.90 Å². The summed E-state index contributed by atoms with van der Waals surface area (Å²) < 4.78 is 0.636. The molecule has 1 aliphatic carbocycles. The Morgan fingerprint density at radius 2 is 2.22 bits per heavy atom. The smallest absolute Gasteiger partial charge is 0.273 e. The van der Waals surface area contributed by atoms with E-state index in [2.05, 4.69) is 27.0 Å². The largest absolute Gasteiger partial charge is 0.321 e. The molecule has 5 heteroatoms. The van der Waals surface area contributed by atoms with Crippen molar-refractivity contribution in [1.82, 2.24) is 9.88 Å². The number of hydrogen-bond donors (Lipinski definition) is 0. The highest BCUT2D eigenvalue weighted by Gasteiger charge is 2.27. The summed E-state index contributed by atoms with van der Waals surface area (Å²) >= 11 is 3.26. The molecule has 0 spiro atoms. The Kier molecular flexibility index (Phi) is 4.32. The van der Waals surface area contributed by atoms with Gasteiger partial charge in [0, 0.05) is 6.04 Å². The molecule has 1 aliphatic rings. The van der Waals surface area contributed by atoms with E-state index >= 15 is 0 Å². The molecule has 0 N–H and O–H groups in total. The highest BCUT2D eigenvalue weighted by molar-refractivity contribution is 9.10. The molecule has 1 fully saturated rings. The molecule has 4 nitrogen and oxygen atoms in total. The molecule has 1 amide bonds. The van der Waals surface area contributed by atoms with Crippen LogP contribution in [0.5, 0.6) is 0 Å². The predicted octanol–water partition coefficient (Wildman–Crippen LogP) is 2.75. The van der Waals surface area contributed by atoms with E-state index in [0.717, 1.165) is 25.7 Å². The third kappa shape index (κ3) is 2.88. The Morgan fingerprint density at radius 3 is 2.83 bits per heavy atom. The van der Waals surface area contributed by atoms with Crippen molar-refractivity contribution in [3.05, 3.63) is 28.5 Å². The summed E-state index contributed by atoms with van der Waals surface area (Å²) in [7, 11) is 0. The van der Waals surface area contributed by atoms with Crippen LogP contribution in [0.3, 0.4) is 0 Å². The fourth-order valence-corrected chi connectivity index (χ4v) is 2.68. The summed E-state index contributed by atoms with van der Waals surface area (Å²) in [5.74, 6) is -0.148. The maximum atomic E-state index is 12.4. The van der Waals surface area contributed by atoms with E-state index in [0.29, 0.717) is 10.3 Å². The summed E-state index contributed by atoms with van der Waals surface area (Å²) in [5, 5.41) is 8.87. The molecule has 1 aromatic heterocycles. The number of amides is 1. The Hall–Kier alpha value is -1.41. The zero-order valence-corrected chi connectivity index (χ0v) is 11.6. The molecule has 0 aromatic carbocycles. The van der Waals surface area contributed by atoms with E-state index in [4.69, 9.17) is 5.26 Å². The van der Waals surface area contributed by atoms with Crippen LogP contribution >= 0.6 is 15.9 Å². The number of carbonyl (C=O) groups is 1. The van der Waals surface area contributed by atoms with Crippen molar-refractivity contribution in [3.63, 3.8) is 0 Å². The lowest BCUT2D eigenvalue weighted by atomic mass is 10.2. The Labute approximate surface area is 115 Å². The van der Waals surface area contributed by atoms with Gasteiger partial charge in [-0.05, 0) is 40.9 Å². The van der Waals surface area contributed by atoms with Crippen molar-refractivity contribution in [1.29, 1.82) is 5.26 Å². The van der Waals surface area contributed by atoms with E-state index in [-0.39, 0.29) is 18.5 Å². The third-order valence-electron chi connectivity index (χ3n) is 3.20. The molecule has 0 aliphatic heterocycles. The minimum Gasteiger partial charge on any atom is -0.321 e. The fourth-order valence-electron chi connectivity index (χ4n) is 2.33. The van der Waals surface area contributed by atoms with Crippen LogP contribution in [0.4, 0.5) is 0 Å². The van der Waals surface area contributed by atoms with Crippen LogP contribution in [-0.2, 0) is 0 Å². The number of nitriles is 1. The summed E-state index contributed by atoms with van der Waals surface area (Å²) in [6.45, 7) is 0.137. The number of carbonyl (C=O) groups excluding carboxylic acids is 1. The Bertz CT molecular complexity index is 477. The highest BCUT2D eigenvalue weighted by Crippen LogP contribution is 2.24. The molecule has 1 aromatic rings. The van der Waals surface area contributed by atoms with Gasteiger partial charge in [0.25, 0.3) is 5.91 Å². The summed E-state index contributed by atoms with van der Waals surface area (Å²) in [4.78, 5) is 18.2. The average Bonchev–Trinajstić information content (AvgIpc) is 2.89. The van der Waals surface area contributed by atoms with Gasteiger partial charge in [0.15, 0.2) is 0 Å². The Morgan fingerprint density at radius 1 is 1.50 bits per heavy atom. The predicted molar refractivity (Wildman–Crippen MR) is 70.8 cm³/mol. The van der Waals surface area contributed by atoms with Gasteiger partial charge in [-0.3, -0.25) is 4.79 Å². The average molecular weight is 308 g/mol. The standard InChI is InChI=1S/C13H14BrN3O/c14-12-7-3-6-11(16-12)13(18)17(9-8-15)10-4-1-2-5-10/h3,6-7,10H,1-2,4-5,9H2. The molecule has 18 heavy (non-hydrogen) atoms. The zero-order chi connectivity index (χ0) is 13.0. The second-order valence-corrected chi connectivity index (χ2v) is 5.19. The van der Waals surface area contributed by atoms with Crippen LogP contribution in [0.2, 0.25) is 0 Å². The minimum absolute atomic E-state index is 0.137. The summed E-state index contributed by atoms with van der Waals surface area (Å²) in [6.07, 6.45) is 4.24. The van der Waals surface area contributed by atoms with Crippen molar-refractivity contribution >= 4 is 21.8 Å². The SMILES string of the molecule is N#CCN(C(=O)c1cccc(Br)n1)C1CCCC1. The van der Waals surface area contributed by atoms with Crippen LogP contribution in [0, 0.1) is 11.3 Å². The molecule has 0 radical (unpaired) electrons. The number of halogens is 1. The van der Waals surface area contributed by atoms with E-state index < -0.39 is 0 Å². The lowest BCUT2D eigenvalue weighted by Gasteiger charge is -2.26. The lowest BCUT2D eigenvalue weighted by Crippen LogP contribution is -2.39. The highest BCUT2D eigenvalue weighted by atomic mass is 79.9. The number of pyridine rings is 1. The quantitative estimate of drug-likeness (QED) is 0.637. The van der Waals surface area contributed by atoms with Crippen molar-refractivity contribution in [2.45, 2.75) is 31.7 Å². The molecule has 94 valence electrons. The first kappa shape index (κ1) is 13.0. The number of rotatable bonds is 3. The molecule has 0 saturated heterocycles. The summed E-state index contributed by atoms with van der Waals surface area (Å²) in [5.41, 5.74) is 0.395. The molecular formula is C13H14BrN3O. The number of nitrogens with zero attached hydrogens (tertiary/aromatic N) is 3. The monoisotopic (exact) mass is 307 g/mol. The molecule has 0 bridgehead atoms. The van der Waals surface area contributed by atoms with Crippen LogP contribution in [0.15, 0.2) is 22.8 Å². The van der Waals surface area contributed by atoms with Gasteiger partial charge in [-0.2, -0.15) is 5.26 Å². The third-order valence-corrected chi connectivity index (χ3v) is 3.64. The topological polar surface area (TPSA) is 57.0 Å². The van der Waals surface area contributed by atoms with Gasteiger partial charge in [0.05, 0.1) is 6.07 Å². The van der Waals surface area contributed by atoms with E-state index in [1.807, 2.05) is 0 Å². The second-order valence-electron chi connectivity index (χ2n) is 4.37.